The van der Waals surface area contributed by atoms with Crippen LogP contribution in [0.1, 0.15) is 21.6 Å². The molecule has 0 saturated heterocycles. The lowest BCUT2D eigenvalue weighted by Crippen LogP contribution is -2.06. The number of alkyl halides is 1. The zero-order valence-electron chi connectivity index (χ0n) is 11.0. The quantitative estimate of drug-likeness (QED) is 0.347. The van der Waals surface area contributed by atoms with Crippen molar-refractivity contribution in [2.24, 2.45) is 5.16 Å². The van der Waals surface area contributed by atoms with Gasteiger partial charge in [0.2, 0.25) is 0 Å². The normalized spacial score (nSPS) is 11.6. The summed E-state index contributed by atoms with van der Waals surface area (Å²) in [6.45, 7) is 4.58. The Morgan fingerprint density at radius 2 is 2.00 bits per heavy atom. The fraction of sp³-hybridized carbons (Fsp3) is 0.267. The highest BCUT2D eigenvalue weighted by Gasteiger charge is 2.14. The van der Waals surface area contributed by atoms with Gasteiger partial charge in [0.15, 0.2) is 0 Å². The van der Waals surface area contributed by atoms with Gasteiger partial charge in [-0.25, -0.2) is 0 Å². The Bertz CT molecular complexity index is 577. The predicted octanol–water partition coefficient (Wildman–Crippen LogP) is 4.37. The van der Waals surface area contributed by atoms with Gasteiger partial charge >= 0.3 is 0 Å². The Hall–Kier alpha value is -1.32. The van der Waals surface area contributed by atoms with Gasteiger partial charge in [-0.1, -0.05) is 29.4 Å². The molecule has 2 aromatic rings. The van der Waals surface area contributed by atoms with Gasteiger partial charge in [-0.05, 0) is 36.4 Å². The van der Waals surface area contributed by atoms with E-state index in [0.29, 0.717) is 12.5 Å². The number of oxime groups is 1. The molecule has 0 N–H and O–H groups in total. The van der Waals surface area contributed by atoms with Crippen LogP contribution in [0, 0.1) is 13.8 Å². The second-order valence-electron chi connectivity index (χ2n) is 4.21. The van der Waals surface area contributed by atoms with Crippen molar-refractivity contribution in [3.05, 3.63) is 57.3 Å². The minimum absolute atomic E-state index is 0.418. The van der Waals surface area contributed by atoms with Gasteiger partial charge in [0, 0.05) is 5.56 Å². The molecule has 0 aliphatic carbocycles. The summed E-state index contributed by atoms with van der Waals surface area (Å²) in [6, 6.07) is 10.3. The molecular formula is C15H16ClNOS. The Morgan fingerprint density at radius 1 is 1.21 bits per heavy atom. The van der Waals surface area contributed by atoms with Crippen LogP contribution in [0.5, 0.6) is 0 Å². The first-order valence-corrected chi connectivity index (χ1v) is 7.52. The molecule has 1 heterocycles. The smallest absolute Gasteiger partial charge is 0.130 e. The third-order valence-electron chi connectivity index (χ3n) is 2.80. The summed E-state index contributed by atoms with van der Waals surface area (Å²) in [7, 11) is 0. The van der Waals surface area contributed by atoms with Crippen LogP contribution < -0.4 is 0 Å². The molecule has 0 radical (unpaired) electrons. The van der Waals surface area contributed by atoms with Crippen LogP contribution >= 0.6 is 22.9 Å². The summed E-state index contributed by atoms with van der Waals surface area (Å²) in [5.74, 6) is 0.438. The van der Waals surface area contributed by atoms with Crippen molar-refractivity contribution in [3.8, 4) is 0 Å². The first-order chi connectivity index (χ1) is 9.24. The molecule has 2 nitrogen and oxygen atoms in total. The van der Waals surface area contributed by atoms with Crippen molar-refractivity contribution in [1.82, 2.24) is 0 Å². The fourth-order valence-corrected chi connectivity index (χ4v) is 2.80. The summed E-state index contributed by atoms with van der Waals surface area (Å²) in [4.78, 5) is 6.44. The van der Waals surface area contributed by atoms with E-state index in [1.165, 1.54) is 11.1 Å². The fourth-order valence-electron chi connectivity index (χ4n) is 1.81. The average molecular weight is 294 g/mol. The van der Waals surface area contributed by atoms with Crippen LogP contribution in [0.3, 0.4) is 0 Å². The molecular weight excluding hydrogens is 278 g/mol. The summed E-state index contributed by atoms with van der Waals surface area (Å²) in [5, 5.41) is 6.36. The first kappa shape index (κ1) is 14.1. The Morgan fingerprint density at radius 3 is 2.63 bits per heavy atom. The maximum absolute atomic E-state index is 5.63. The number of hydrogen-bond donors (Lipinski definition) is 0. The number of benzene rings is 1. The lowest BCUT2D eigenvalue weighted by Gasteiger charge is -2.09. The number of halogens is 1. The number of nitrogens with zero attached hydrogens (tertiary/aromatic N) is 1. The Labute approximate surface area is 122 Å². The van der Waals surface area contributed by atoms with E-state index in [9.17, 15) is 0 Å². The van der Waals surface area contributed by atoms with Crippen molar-refractivity contribution in [3.63, 3.8) is 0 Å². The maximum Gasteiger partial charge on any atom is 0.130 e. The van der Waals surface area contributed by atoms with Crippen molar-refractivity contribution in [2.45, 2.75) is 13.8 Å². The summed E-state index contributed by atoms with van der Waals surface area (Å²) in [5.41, 5.74) is 4.38. The lowest BCUT2D eigenvalue weighted by molar-refractivity contribution is 0.161. The van der Waals surface area contributed by atoms with Crippen molar-refractivity contribution < 1.29 is 4.84 Å². The van der Waals surface area contributed by atoms with E-state index < -0.39 is 0 Å². The minimum Gasteiger partial charge on any atom is -0.394 e. The standard InChI is InChI=1S/C15H16ClNOS/c1-11-5-3-4-6-13(11)14(17-18-9-8-16)15-12(2)7-10-19-15/h3-7,10H,8-9H2,1-2H3/b17-14-. The van der Waals surface area contributed by atoms with Crippen LogP contribution in [0.2, 0.25) is 0 Å². The van der Waals surface area contributed by atoms with Crippen molar-refractivity contribution >= 4 is 28.6 Å². The van der Waals surface area contributed by atoms with E-state index in [1.807, 2.05) is 12.1 Å². The molecule has 0 amide bonds. The van der Waals surface area contributed by atoms with Gasteiger partial charge in [0.05, 0.1) is 10.8 Å². The maximum atomic E-state index is 5.63. The van der Waals surface area contributed by atoms with Gasteiger partial charge in [0.1, 0.15) is 12.3 Å². The molecule has 0 spiro atoms. The first-order valence-electron chi connectivity index (χ1n) is 6.10. The molecule has 1 aromatic carbocycles. The Kier molecular flexibility index (Phi) is 5.00. The molecule has 4 heteroatoms. The monoisotopic (exact) mass is 293 g/mol. The van der Waals surface area contributed by atoms with Crippen LogP contribution in [-0.2, 0) is 4.84 Å². The van der Waals surface area contributed by atoms with Gasteiger partial charge in [-0.15, -0.1) is 22.9 Å². The van der Waals surface area contributed by atoms with Crippen molar-refractivity contribution in [2.75, 3.05) is 12.5 Å². The molecule has 0 bridgehead atoms. The third-order valence-corrected chi connectivity index (χ3v) is 3.98. The molecule has 0 atom stereocenters. The zero-order valence-corrected chi connectivity index (χ0v) is 12.6. The van der Waals surface area contributed by atoms with E-state index >= 15 is 0 Å². The highest BCUT2D eigenvalue weighted by Crippen LogP contribution is 2.22. The second kappa shape index (κ2) is 6.73. The molecule has 0 aliphatic heterocycles. The number of hydrogen-bond acceptors (Lipinski definition) is 3. The van der Waals surface area contributed by atoms with Gasteiger partial charge in [-0.2, -0.15) is 0 Å². The molecule has 0 fully saturated rings. The molecule has 0 saturated carbocycles. The SMILES string of the molecule is Cc1ccccc1/C(=N/OCCCl)c1sccc1C. The Balaban J connectivity index is 2.44. The van der Waals surface area contributed by atoms with Crippen LogP contribution in [0.4, 0.5) is 0 Å². The largest absolute Gasteiger partial charge is 0.394 e. The molecule has 100 valence electrons. The summed E-state index contributed by atoms with van der Waals surface area (Å²) in [6.07, 6.45) is 0. The van der Waals surface area contributed by atoms with E-state index in [4.69, 9.17) is 16.4 Å². The predicted molar refractivity (Wildman–Crippen MR) is 82.5 cm³/mol. The van der Waals surface area contributed by atoms with E-state index in [2.05, 4.69) is 42.6 Å². The van der Waals surface area contributed by atoms with Gasteiger partial charge in [0.25, 0.3) is 0 Å². The minimum atomic E-state index is 0.418. The summed E-state index contributed by atoms with van der Waals surface area (Å²) >= 11 is 7.30. The second-order valence-corrected chi connectivity index (χ2v) is 5.50. The van der Waals surface area contributed by atoms with Crippen LogP contribution in [-0.4, -0.2) is 18.2 Å². The summed E-state index contributed by atoms with van der Waals surface area (Å²) < 4.78 is 0. The third kappa shape index (κ3) is 3.37. The van der Waals surface area contributed by atoms with Crippen LogP contribution in [0.25, 0.3) is 0 Å². The number of aryl methyl sites for hydroxylation is 2. The highest BCUT2D eigenvalue weighted by molar-refractivity contribution is 7.12. The molecule has 0 unspecified atom stereocenters. The molecule has 0 aliphatic rings. The van der Waals surface area contributed by atoms with Crippen molar-refractivity contribution in [1.29, 1.82) is 0 Å². The molecule has 1 aromatic heterocycles. The average Bonchev–Trinajstić information content (AvgIpc) is 2.82. The van der Waals surface area contributed by atoms with Gasteiger partial charge in [-0.3, -0.25) is 0 Å². The topological polar surface area (TPSA) is 21.6 Å². The highest BCUT2D eigenvalue weighted by atomic mass is 35.5. The molecule has 2 rings (SSSR count). The van der Waals surface area contributed by atoms with E-state index in [1.54, 1.807) is 11.3 Å². The van der Waals surface area contributed by atoms with E-state index in [0.717, 1.165) is 16.2 Å². The zero-order chi connectivity index (χ0) is 13.7. The van der Waals surface area contributed by atoms with Crippen LogP contribution in [0.15, 0.2) is 40.9 Å². The number of rotatable bonds is 5. The number of thiophene rings is 1. The van der Waals surface area contributed by atoms with E-state index in [-0.39, 0.29) is 0 Å². The molecule has 19 heavy (non-hydrogen) atoms. The lowest BCUT2D eigenvalue weighted by atomic mass is 10.0. The van der Waals surface area contributed by atoms with Gasteiger partial charge < -0.3 is 4.84 Å².